The molecule has 0 aliphatic heterocycles. The van der Waals surface area contributed by atoms with Crippen LogP contribution in [-0.2, 0) is 14.3 Å². The SMILES string of the molecule is C=C(C)[C@@H]1CC[C@@]2(C)CCC[C@H](C)[C@@H]2[C@H]1OS(=O)(=O)c1ccc(C)cc1. The molecule has 1 aromatic carbocycles. The molecule has 0 amide bonds. The van der Waals surface area contributed by atoms with Crippen LogP contribution in [0.5, 0.6) is 0 Å². The molecule has 2 aliphatic rings. The predicted octanol–water partition coefficient (Wildman–Crippen LogP) is 5.50. The van der Waals surface area contributed by atoms with Gasteiger partial charge in [0.25, 0.3) is 10.1 Å². The Morgan fingerprint density at radius 3 is 2.46 bits per heavy atom. The third kappa shape index (κ3) is 3.63. The van der Waals surface area contributed by atoms with Gasteiger partial charge in [-0.3, -0.25) is 4.18 Å². The first kappa shape index (κ1) is 19.6. The van der Waals surface area contributed by atoms with E-state index in [1.165, 1.54) is 6.42 Å². The van der Waals surface area contributed by atoms with Gasteiger partial charge in [-0.15, -0.1) is 0 Å². The van der Waals surface area contributed by atoms with Crippen LogP contribution in [0.3, 0.4) is 0 Å². The van der Waals surface area contributed by atoms with Crippen molar-refractivity contribution in [3.8, 4) is 0 Å². The van der Waals surface area contributed by atoms with Crippen LogP contribution in [0.15, 0.2) is 41.3 Å². The first-order chi connectivity index (χ1) is 12.1. The summed E-state index contributed by atoms with van der Waals surface area (Å²) in [6.45, 7) is 12.7. The summed E-state index contributed by atoms with van der Waals surface area (Å²) in [5.74, 6) is 0.829. The van der Waals surface area contributed by atoms with Crippen LogP contribution in [0, 0.1) is 30.1 Å². The van der Waals surface area contributed by atoms with Crippen molar-refractivity contribution < 1.29 is 12.6 Å². The van der Waals surface area contributed by atoms with Gasteiger partial charge in [-0.2, -0.15) is 8.42 Å². The van der Waals surface area contributed by atoms with Crippen LogP contribution in [0.2, 0.25) is 0 Å². The summed E-state index contributed by atoms with van der Waals surface area (Å²) < 4.78 is 32.0. The molecular formula is C22H32O3S. The predicted molar refractivity (Wildman–Crippen MR) is 105 cm³/mol. The molecule has 2 aliphatic carbocycles. The van der Waals surface area contributed by atoms with Crippen molar-refractivity contribution in [2.75, 3.05) is 0 Å². The smallest absolute Gasteiger partial charge is 0.262 e. The summed E-state index contributed by atoms with van der Waals surface area (Å²) in [6.07, 6.45) is 5.31. The standard InChI is InChI=1S/C22H32O3S/c1-15(2)19-12-14-22(5)13-6-7-17(4)20(22)21(19)25-26(23,24)18-10-8-16(3)9-11-18/h8-11,17,19-21H,1,6-7,12-14H2,2-5H3/t17-,19-,20+,21-,22+/m0/s1. The van der Waals surface area contributed by atoms with Gasteiger partial charge in [0.15, 0.2) is 0 Å². The molecule has 0 N–H and O–H groups in total. The van der Waals surface area contributed by atoms with E-state index in [0.29, 0.717) is 5.92 Å². The lowest BCUT2D eigenvalue weighted by Crippen LogP contribution is -2.52. The van der Waals surface area contributed by atoms with Gasteiger partial charge in [0.1, 0.15) is 0 Å². The fourth-order valence-electron chi connectivity index (χ4n) is 5.33. The summed E-state index contributed by atoms with van der Waals surface area (Å²) in [5.41, 5.74) is 2.24. The third-order valence-electron chi connectivity index (χ3n) is 6.78. The molecule has 0 saturated heterocycles. The number of rotatable bonds is 4. The number of hydrogen-bond donors (Lipinski definition) is 0. The van der Waals surface area contributed by atoms with Gasteiger partial charge in [-0.05, 0) is 62.5 Å². The quantitative estimate of drug-likeness (QED) is 0.515. The highest BCUT2D eigenvalue weighted by Crippen LogP contribution is 2.56. The van der Waals surface area contributed by atoms with E-state index >= 15 is 0 Å². The zero-order valence-electron chi connectivity index (χ0n) is 16.5. The Bertz CT molecular complexity index is 765. The first-order valence-corrected chi connectivity index (χ1v) is 11.2. The van der Waals surface area contributed by atoms with Crippen LogP contribution >= 0.6 is 0 Å². The molecule has 0 heterocycles. The summed E-state index contributed by atoms with van der Waals surface area (Å²) in [4.78, 5) is 0.249. The van der Waals surface area contributed by atoms with Gasteiger partial charge in [-0.1, -0.05) is 56.5 Å². The molecular weight excluding hydrogens is 344 g/mol. The van der Waals surface area contributed by atoms with E-state index in [9.17, 15) is 8.42 Å². The molecule has 26 heavy (non-hydrogen) atoms. The van der Waals surface area contributed by atoms with Crippen LogP contribution in [-0.4, -0.2) is 14.5 Å². The van der Waals surface area contributed by atoms with Gasteiger partial charge >= 0.3 is 0 Å². The van der Waals surface area contributed by atoms with Gasteiger partial charge in [0, 0.05) is 5.92 Å². The van der Waals surface area contributed by atoms with E-state index in [1.54, 1.807) is 12.1 Å². The van der Waals surface area contributed by atoms with Crippen molar-refractivity contribution in [2.45, 2.75) is 70.8 Å². The van der Waals surface area contributed by atoms with Crippen molar-refractivity contribution >= 4 is 10.1 Å². The minimum absolute atomic E-state index is 0.105. The van der Waals surface area contributed by atoms with Crippen molar-refractivity contribution in [1.82, 2.24) is 0 Å². The number of benzene rings is 1. The van der Waals surface area contributed by atoms with Crippen molar-refractivity contribution in [1.29, 1.82) is 0 Å². The Balaban J connectivity index is 1.97. The van der Waals surface area contributed by atoms with E-state index in [4.69, 9.17) is 4.18 Å². The van der Waals surface area contributed by atoms with Crippen LogP contribution < -0.4 is 0 Å². The second-order valence-electron chi connectivity index (χ2n) is 8.87. The zero-order valence-corrected chi connectivity index (χ0v) is 17.3. The molecule has 4 heteroatoms. The monoisotopic (exact) mass is 376 g/mol. The van der Waals surface area contributed by atoms with Gasteiger partial charge < -0.3 is 0 Å². The minimum atomic E-state index is -3.78. The second-order valence-corrected chi connectivity index (χ2v) is 10.4. The highest BCUT2D eigenvalue weighted by Gasteiger charge is 2.52. The second kappa shape index (κ2) is 7.12. The van der Waals surface area contributed by atoms with Crippen molar-refractivity contribution in [3.05, 3.63) is 42.0 Å². The maximum Gasteiger partial charge on any atom is 0.297 e. The number of fused-ring (bicyclic) bond motifs is 1. The molecule has 144 valence electrons. The molecule has 0 bridgehead atoms. The number of aryl methyl sites for hydroxylation is 1. The van der Waals surface area contributed by atoms with Gasteiger partial charge in [0.05, 0.1) is 11.0 Å². The average molecular weight is 377 g/mol. The van der Waals surface area contributed by atoms with Crippen LogP contribution in [0.25, 0.3) is 0 Å². The van der Waals surface area contributed by atoms with Crippen molar-refractivity contribution in [3.63, 3.8) is 0 Å². The fraction of sp³-hybridized carbons (Fsp3) is 0.636. The Kier molecular flexibility index (Phi) is 5.38. The zero-order chi connectivity index (χ0) is 19.1. The first-order valence-electron chi connectivity index (χ1n) is 9.79. The maximum atomic E-state index is 13.0. The van der Waals surface area contributed by atoms with E-state index < -0.39 is 10.1 Å². The Morgan fingerprint density at radius 2 is 1.85 bits per heavy atom. The minimum Gasteiger partial charge on any atom is -0.262 e. The van der Waals surface area contributed by atoms with E-state index in [1.807, 2.05) is 26.0 Å². The van der Waals surface area contributed by atoms with E-state index in [-0.39, 0.29) is 28.3 Å². The highest BCUT2D eigenvalue weighted by molar-refractivity contribution is 7.86. The van der Waals surface area contributed by atoms with E-state index in [0.717, 1.165) is 36.8 Å². The molecule has 0 radical (unpaired) electrons. The Morgan fingerprint density at radius 1 is 1.19 bits per heavy atom. The molecule has 2 fully saturated rings. The number of hydrogen-bond acceptors (Lipinski definition) is 3. The third-order valence-corrected chi connectivity index (χ3v) is 8.11. The lowest BCUT2D eigenvalue weighted by atomic mass is 9.53. The molecule has 2 saturated carbocycles. The summed E-state index contributed by atoms with van der Waals surface area (Å²) >= 11 is 0. The molecule has 3 rings (SSSR count). The topological polar surface area (TPSA) is 43.4 Å². The molecule has 5 atom stereocenters. The maximum absolute atomic E-state index is 13.0. The van der Waals surface area contributed by atoms with Gasteiger partial charge in [0.2, 0.25) is 0 Å². The van der Waals surface area contributed by atoms with Crippen molar-refractivity contribution in [2.24, 2.45) is 23.2 Å². The van der Waals surface area contributed by atoms with Crippen LogP contribution in [0.4, 0.5) is 0 Å². The summed E-state index contributed by atoms with van der Waals surface area (Å²) in [7, 11) is -3.78. The molecule has 3 nitrogen and oxygen atoms in total. The van der Waals surface area contributed by atoms with E-state index in [2.05, 4.69) is 20.4 Å². The Hall–Kier alpha value is -1.13. The molecule has 0 unspecified atom stereocenters. The summed E-state index contributed by atoms with van der Waals surface area (Å²) in [5, 5.41) is 0. The summed E-state index contributed by atoms with van der Waals surface area (Å²) in [6, 6.07) is 6.93. The molecule has 0 spiro atoms. The molecule has 0 aromatic heterocycles. The Labute approximate surface area is 159 Å². The normalized spacial score (nSPS) is 34.9. The largest absolute Gasteiger partial charge is 0.297 e. The average Bonchev–Trinajstić information content (AvgIpc) is 2.54. The molecule has 1 aromatic rings. The lowest BCUT2D eigenvalue weighted by molar-refractivity contribution is -0.0788. The van der Waals surface area contributed by atoms with Gasteiger partial charge in [-0.25, -0.2) is 0 Å². The fourth-order valence-corrected chi connectivity index (χ4v) is 6.46. The van der Waals surface area contributed by atoms with Crippen LogP contribution in [0.1, 0.15) is 58.4 Å². The lowest BCUT2D eigenvalue weighted by Gasteiger charge is -2.54. The highest BCUT2D eigenvalue weighted by atomic mass is 32.2.